The van der Waals surface area contributed by atoms with Gasteiger partial charge in [-0.2, -0.15) is 0 Å². The zero-order valence-electron chi connectivity index (χ0n) is 15.5. The maximum Gasteiger partial charge on any atom is 0.321 e. The lowest BCUT2D eigenvalue weighted by molar-refractivity contribution is 0.0677. The van der Waals surface area contributed by atoms with Gasteiger partial charge in [-0.25, -0.2) is 9.18 Å². The number of piperidine rings is 1. The molecule has 1 aromatic carbocycles. The van der Waals surface area contributed by atoms with E-state index in [9.17, 15) is 4.79 Å². The summed E-state index contributed by atoms with van der Waals surface area (Å²) in [6, 6.07) is 11.1. The fraction of sp³-hybridized carbons (Fsp3) is 0.400. The molecule has 0 atom stereocenters. The molecule has 0 radical (unpaired) electrons. The van der Waals surface area contributed by atoms with Crippen LogP contribution < -0.4 is 10.2 Å². The number of aryl methyl sites for hydroxylation is 1. The lowest BCUT2D eigenvalue weighted by Crippen LogP contribution is -2.45. The Balaban J connectivity index is 1.61. The minimum absolute atomic E-state index is 0.192. The zero-order chi connectivity index (χ0) is 18.7. The summed E-state index contributed by atoms with van der Waals surface area (Å²) in [5.74, 6) is 0. The van der Waals surface area contributed by atoms with Crippen LogP contribution in [0.4, 0.5) is 20.6 Å². The molecule has 6 heteroatoms. The van der Waals surface area contributed by atoms with Crippen molar-refractivity contribution in [2.75, 3.05) is 37.4 Å². The normalized spacial score (nSPS) is 16.2. The van der Waals surface area contributed by atoms with Gasteiger partial charge in [0.2, 0.25) is 0 Å². The van der Waals surface area contributed by atoms with Crippen molar-refractivity contribution in [3.63, 3.8) is 0 Å². The quantitative estimate of drug-likeness (QED) is 0.906. The fourth-order valence-corrected chi connectivity index (χ4v) is 3.30. The molecule has 2 heterocycles. The monoisotopic (exact) mass is 356 g/mol. The van der Waals surface area contributed by atoms with Crippen LogP contribution in [0.25, 0.3) is 0 Å². The molecule has 2 amide bonds. The molecule has 1 N–H and O–H groups in total. The highest BCUT2D eigenvalue weighted by molar-refractivity contribution is 5.89. The highest BCUT2D eigenvalue weighted by atomic mass is 19.1. The molecule has 3 rings (SSSR count). The molecule has 26 heavy (non-hydrogen) atoms. The molecular formula is C20H25FN4O. The maximum absolute atomic E-state index is 15.3. The summed E-state index contributed by atoms with van der Waals surface area (Å²) in [4.78, 5) is 20.4. The van der Waals surface area contributed by atoms with Crippen LogP contribution in [0.1, 0.15) is 24.1 Å². The van der Waals surface area contributed by atoms with E-state index in [4.69, 9.17) is 0 Å². The largest absolute Gasteiger partial charge is 0.378 e. The highest BCUT2D eigenvalue weighted by Gasteiger charge is 2.39. The van der Waals surface area contributed by atoms with E-state index in [1.54, 1.807) is 11.1 Å². The third kappa shape index (κ3) is 3.79. The second-order valence-electron chi connectivity index (χ2n) is 6.99. The van der Waals surface area contributed by atoms with Crippen LogP contribution in [0.3, 0.4) is 0 Å². The summed E-state index contributed by atoms with van der Waals surface area (Å²) in [7, 11) is 3.93. The number of anilines is 2. The summed E-state index contributed by atoms with van der Waals surface area (Å²) in [6.07, 6.45) is 2.15. The fourth-order valence-electron chi connectivity index (χ4n) is 3.30. The SMILES string of the molecule is Cc1cccnc1C1(F)CCN(C(=O)Nc2ccc(N(C)C)cc2)CC1. The molecule has 1 saturated heterocycles. The van der Waals surface area contributed by atoms with Gasteiger partial charge >= 0.3 is 6.03 Å². The minimum atomic E-state index is -1.46. The van der Waals surface area contributed by atoms with Crippen molar-refractivity contribution in [2.45, 2.75) is 25.4 Å². The van der Waals surface area contributed by atoms with Crippen molar-refractivity contribution in [1.29, 1.82) is 0 Å². The Labute approximate surface area is 153 Å². The van der Waals surface area contributed by atoms with Crippen LogP contribution in [0.2, 0.25) is 0 Å². The topological polar surface area (TPSA) is 48.5 Å². The molecule has 5 nitrogen and oxygen atoms in total. The van der Waals surface area contributed by atoms with Gasteiger partial charge in [-0.1, -0.05) is 6.07 Å². The second-order valence-corrected chi connectivity index (χ2v) is 6.99. The zero-order valence-corrected chi connectivity index (χ0v) is 15.5. The molecule has 0 unspecified atom stereocenters. The number of likely N-dealkylation sites (tertiary alicyclic amines) is 1. The van der Waals surface area contributed by atoms with Gasteiger partial charge in [0.15, 0.2) is 5.67 Å². The first kappa shape index (κ1) is 18.2. The smallest absolute Gasteiger partial charge is 0.321 e. The van der Waals surface area contributed by atoms with E-state index in [1.165, 1.54) is 0 Å². The van der Waals surface area contributed by atoms with E-state index < -0.39 is 5.67 Å². The number of amides is 2. The predicted octanol–water partition coefficient (Wildman–Crippen LogP) is 3.95. The maximum atomic E-state index is 15.3. The van der Waals surface area contributed by atoms with Crippen LogP contribution in [0.5, 0.6) is 0 Å². The number of nitrogens with one attached hydrogen (secondary N) is 1. The molecule has 1 aromatic heterocycles. The number of halogens is 1. The number of carbonyl (C=O) groups excluding carboxylic acids is 1. The Morgan fingerprint density at radius 2 is 1.85 bits per heavy atom. The summed E-state index contributed by atoms with van der Waals surface area (Å²) >= 11 is 0. The predicted molar refractivity (Wildman–Crippen MR) is 102 cm³/mol. The van der Waals surface area contributed by atoms with Gasteiger partial charge in [-0.15, -0.1) is 0 Å². The number of rotatable bonds is 3. The Morgan fingerprint density at radius 3 is 2.42 bits per heavy atom. The van der Waals surface area contributed by atoms with Crippen molar-refractivity contribution in [1.82, 2.24) is 9.88 Å². The lowest BCUT2D eigenvalue weighted by atomic mass is 9.87. The number of hydrogen-bond donors (Lipinski definition) is 1. The van der Waals surface area contributed by atoms with Crippen LogP contribution >= 0.6 is 0 Å². The molecule has 0 spiro atoms. The Bertz CT molecular complexity index is 768. The average molecular weight is 356 g/mol. The minimum Gasteiger partial charge on any atom is -0.378 e. The van der Waals surface area contributed by atoms with Gasteiger partial charge in [0.1, 0.15) is 0 Å². The van der Waals surface area contributed by atoms with Gasteiger partial charge in [0, 0.05) is 57.6 Å². The van der Waals surface area contributed by atoms with E-state index in [1.807, 2.05) is 62.3 Å². The third-order valence-electron chi connectivity index (χ3n) is 4.91. The van der Waals surface area contributed by atoms with E-state index in [-0.39, 0.29) is 18.9 Å². The molecule has 0 aliphatic carbocycles. The number of urea groups is 1. The molecule has 138 valence electrons. The number of carbonyl (C=O) groups is 1. The number of alkyl halides is 1. The first-order valence-corrected chi connectivity index (χ1v) is 8.83. The number of benzene rings is 1. The summed E-state index contributed by atoms with van der Waals surface area (Å²) in [5.41, 5.74) is 1.69. The summed E-state index contributed by atoms with van der Waals surface area (Å²) < 4.78 is 15.3. The molecule has 0 saturated carbocycles. The highest BCUT2D eigenvalue weighted by Crippen LogP contribution is 2.37. The van der Waals surface area contributed by atoms with Crippen molar-refractivity contribution >= 4 is 17.4 Å². The van der Waals surface area contributed by atoms with Gasteiger partial charge in [-0.3, -0.25) is 4.98 Å². The molecule has 0 bridgehead atoms. The summed E-state index contributed by atoms with van der Waals surface area (Å²) in [6.45, 7) is 2.61. The van der Waals surface area contributed by atoms with Crippen molar-refractivity contribution in [3.05, 3.63) is 53.9 Å². The Morgan fingerprint density at radius 1 is 1.19 bits per heavy atom. The van der Waals surface area contributed by atoms with E-state index in [0.29, 0.717) is 18.8 Å². The molecule has 2 aromatic rings. The van der Waals surface area contributed by atoms with Crippen LogP contribution in [-0.4, -0.2) is 43.1 Å². The number of pyridine rings is 1. The molecule has 1 fully saturated rings. The van der Waals surface area contributed by atoms with Crippen molar-refractivity contribution < 1.29 is 9.18 Å². The van der Waals surface area contributed by atoms with E-state index in [0.717, 1.165) is 16.9 Å². The number of nitrogens with zero attached hydrogens (tertiary/aromatic N) is 3. The first-order valence-electron chi connectivity index (χ1n) is 8.83. The number of aromatic nitrogens is 1. The third-order valence-corrected chi connectivity index (χ3v) is 4.91. The molecule has 1 aliphatic rings. The second kappa shape index (κ2) is 7.32. The first-order chi connectivity index (χ1) is 12.4. The van der Waals surface area contributed by atoms with Crippen LogP contribution in [-0.2, 0) is 5.67 Å². The van der Waals surface area contributed by atoms with Gasteiger partial charge in [-0.05, 0) is 42.8 Å². The van der Waals surface area contributed by atoms with Gasteiger partial charge < -0.3 is 15.1 Å². The van der Waals surface area contributed by atoms with Crippen molar-refractivity contribution in [3.8, 4) is 0 Å². The van der Waals surface area contributed by atoms with E-state index in [2.05, 4.69) is 10.3 Å². The van der Waals surface area contributed by atoms with E-state index >= 15 is 4.39 Å². The van der Waals surface area contributed by atoms with Crippen LogP contribution in [0.15, 0.2) is 42.6 Å². The van der Waals surface area contributed by atoms with Crippen molar-refractivity contribution in [2.24, 2.45) is 0 Å². The number of hydrogen-bond acceptors (Lipinski definition) is 3. The van der Waals surface area contributed by atoms with Gasteiger partial charge in [0.05, 0.1) is 5.69 Å². The standard InChI is InChI=1S/C20H25FN4O/c1-15-5-4-12-22-18(15)20(21)10-13-25(14-11-20)19(26)23-16-6-8-17(9-7-16)24(2)3/h4-9,12H,10-11,13-14H2,1-3H3,(H,23,26). The summed E-state index contributed by atoms with van der Waals surface area (Å²) in [5, 5.41) is 2.89. The molecule has 1 aliphatic heterocycles. The van der Waals surface area contributed by atoms with Gasteiger partial charge in [0.25, 0.3) is 0 Å². The average Bonchev–Trinajstić information content (AvgIpc) is 2.63. The molecular weight excluding hydrogens is 331 g/mol. The Hall–Kier alpha value is -2.63. The lowest BCUT2D eigenvalue weighted by Gasteiger charge is -2.36. The Kier molecular flexibility index (Phi) is 5.11. The van der Waals surface area contributed by atoms with Crippen LogP contribution in [0, 0.1) is 6.92 Å².